The van der Waals surface area contributed by atoms with Crippen LogP contribution in [0.25, 0.3) is 10.9 Å². The van der Waals surface area contributed by atoms with Gasteiger partial charge in [-0.3, -0.25) is 19.5 Å². The number of benzene rings is 3. The van der Waals surface area contributed by atoms with E-state index in [2.05, 4.69) is 63.7 Å². The minimum atomic E-state index is -0.679. The molecule has 1 aromatic heterocycles. The van der Waals surface area contributed by atoms with Gasteiger partial charge in [0, 0.05) is 43.8 Å². The summed E-state index contributed by atoms with van der Waals surface area (Å²) >= 11 is 0. The largest absolute Gasteiger partial charge is 0.490 e. The number of aliphatic hydroxyl groups excluding tert-OH is 1. The van der Waals surface area contributed by atoms with E-state index in [0.717, 1.165) is 81.7 Å². The van der Waals surface area contributed by atoms with Crippen molar-refractivity contribution in [2.45, 2.75) is 76.4 Å². The maximum Gasteiger partial charge on any atom is 0.226 e. The second-order valence-electron chi connectivity index (χ2n) is 14.5. The molecule has 4 aromatic rings. The van der Waals surface area contributed by atoms with Gasteiger partial charge in [-0.1, -0.05) is 66.7 Å². The molecule has 8 nitrogen and oxygen atoms in total. The Balaban J connectivity index is 0.978. The Bertz CT molecular complexity index is 1620. The van der Waals surface area contributed by atoms with Crippen molar-refractivity contribution in [2.75, 3.05) is 39.3 Å². The van der Waals surface area contributed by atoms with Gasteiger partial charge >= 0.3 is 0 Å². The van der Waals surface area contributed by atoms with Gasteiger partial charge in [0.2, 0.25) is 11.8 Å². The Morgan fingerprint density at radius 2 is 1.49 bits per heavy atom. The fourth-order valence-electron chi connectivity index (χ4n) is 7.81. The first-order chi connectivity index (χ1) is 25.0. The number of fused-ring (bicyclic) bond motifs is 1. The fraction of sp³-hybridized carbons (Fsp3) is 0.465. The Morgan fingerprint density at radius 1 is 0.804 bits per heavy atom. The molecule has 2 aliphatic rings. The smallest absolute Gasteiger partial charge is 0.226 e. The predicted molar refractivity (Wildman–Crippen MR) is 202 cm³/mol. The van der Waals surface area contributed by atoms with Gasteiger partial charge in [0.1, 0.15) is 18.5 Å². The molecular formula is C43H54N4O4. The highest BCUT2D eigenvalue weighted by Crippen LogP contribution is 2.26. The van der Waals surface area contributed by atoms with Crippen LogP contribution in [0.4, 0.5) is 0 Å². The molecule has 0 spiro atoms. The van der Waals surface area contributed by atoms with E-state index in [1.165, 1.54) is 11.1 Å². The van der Waals surface area contributed by atoms with E-state index in [-0.39, 0.29) is 36.3 Å². The van der Waals surface area contributed by atoms with E-state index < -0.39 is 6.10 Å². The number of piperidine rings is 2. The molecule has 2 fully saturated rings. The van der Waals surface area contributed by atoms with Crippen LogP contribution in [0.5, 0.6) is 5.75 Å². The minimum Gasteiger partial charge on any atom is -0.490 e. The van der Waals surface area contributed by atoms with Gasteiger partial charge in [0.05, 0.1) is 17.4 Å². The van der Waals surface area contributed by atoms with Crippen molar-refractivity contribution in [1.82, 2.24) is 20.1 Å². The highest BCUT2D eigenvalue weighted by atomic mass is 16.5. The van der Waals surface area contributed by atoms with Crippen molar-refractivity contribution in [2.24, 2.45) is 11.8 Å². The molecule has 6 rings (SSSR count). The fourth-order valence-corrected chi connectivity index (χ4v) is 7.81. The molecule has 270 valence electrons. The molecule has 2 aliphatic heterocycles. The predicted octanol–water partition coefficient (Wildman–Crippen LogP) is 6.46. The summed E-state index contributed by atoms with van der Waals surface area (Å²) < 4.78 is 6.01. The Labute approximate surface area is 303 Å². The molecule has 2 saturated heterocycles. The molecule has 2 N–H and O–H groups in total. The summed E-state index contributed by atoms with van der Waals surface area (Å²) in [5.74, 6) is 0.638. The SMILES string of the molecule is O=C(NC(CCCc1ccccc1)CCCc1ccccc1)C1CCCN(C(=O)C2CCCN(CC(O)COc3cccc4ncccc34)C2)C1. The summed E-state index contributed by atoms with van der Waals surface area (Å²) in [6, 6.07) is 30.8. The summed E-state index contributed by atoms with van der Waals surface area (Å²) in [5, 5.41) is 15.2. The third-order valence-electron chi connectivity index (χ3n) is 10.5. The molecular weight excluding hydrogens is 636 g/mol. The van der Waals surface area contributed by atoms with E-state index in [9.17, 15) is 14.7 Å². The quantitative estimate of drug-likeness (QED) is 0.140. The lowest BCUT2D eigenvalue weighted by Gasteiger charge is -2.38. The average Bonchev–Trinajstić information content (AvgIpc) is 3.17. The average molecular weight is 691 g/mol. The second-order valence-corrected chi connectivity index (χ2v) is 14.5. The molecule has 3 unspecified atom stereocenters. The van der Waals surface area contributed by atoms with E-state index in [1.54, 1.807) is 6.20 Å². The van der Waals surface area contributed by atoms with Crippen molar-refractivity contribution in [3.05, 3.63) is 108 Å². The summed E-state index contributed by atoms with van der Waals surface area (Å²) in [6.07, 6.45) is 10.4. The zero-order valence-corrected chi connectivity index (χ0v) is 29.9. The van der Waals surface area contributed by atoms with Crippen LogP contribution in [0.15, 0.2) is 97.2 Å². The monoisotopic (exact) mass is 690 g/mol. The molecule has 0 bridgehead atoms. The summed E-state index contributed by atoms with van der Waals surface area (Å²) in [6.45, 7) is 3.27. The number of rotatable bonds is 16. The number of aromatic nitrogens is 1. The number of nitrogens with zero attached hydrogens (tertiary/aromatic N) is 3. The molecule has 2 amide bonds. The number of nitrogens with one attached hydrogen (secondary N) is 1. The lowest BCUT2D eigenvalue weighted by molar-refractivity contribution is -0.141. The zero-order valence-electron chi connectivity index (χ0n) is 29.9. The van der Waals surface area contributed by atoms with Crippen LogP contribution in [-0.4, -0.2) is 83.2 Å². The highest BCUT2D eigenvalue weighted by Gasteiger charge is 2.34. The number of pyridine rings is 1. The van der Waals surface area contributed by atoms with Crippen LogP contribution in [0.1, 0.15) is 62.5 Å². The number of likely N-dealkylation sites (tertiary alicyclic amines) is 2. The normalized spacial score (nSPS) is 18.8. The molecule has 8 heteroatoms. The van der Waals surface area contributed by atoms with Crippen LogP contribution < -0.4 is 10.1 Å². The van der Waals surface area contributed by atoms with E-state index in [0.29, 0.717) is 31.9 Å². The first kappa shape index (κ1) is 36.5. The van der Waals surface area contributed by atoms with Crippen LogP contribution in [0.2, 0.25) is 0 Å². The van der Waals surface area contributed by atoms with Gasteiger partial charge in [-0.15, -0.1) is 0 Å². The number of aliphatic hydroxyl groups is 1. The van der Waals surface area contributed by atoms with Gasteiger partial charge in [-0.05, 0) is 106 Å². The van der Waals surface area contributed by atoms with Crippen molar-refractivity contribution in [1.29, 1.82) is 0 Å². The Kier molecular flexibility index (Phi) is 13.5. The maximum atomic E-state index is 13.8. The standard InChI is InChI=1S/C43H54N4O4/c48-38(32-51-41-25-9-24-40-39(41)23-10-26-44-40)31-46-27-11-20-36(29-46)43(50)47-28-12-19-35(30-47)42(49)45-37(21-7-17-33-13-3-1-4-14-33)22-8-18-34-15-5-2-6-16-34/h1-6,9-10,13-16,23-26,35-38,48H,7-8,11-12,17-22,27-32H2,(H,45,49). The van der Waals surface area contributed by atoms with Crippen LogP contribution in [0, 0.1) is 11.8 Å². The summed E-state index contributed by atoms with van der Waals surface area (Å²) in [7, 11) is 0. The minimum absolute atomic E-state index is 0.0901. The van der Waals surface area contributed by atoms with Crippen LogP contribution in [-0.2, 0) is 22.4 Å². The number of β-amino-alcohol motifs (C(OH)–C–C–N with tert-alkyl or cyclic N) is 1. The van der Waals surface area contributed by atoms with Crippen LogP contribution >= 0.6 is 0 Å². The zero-order chi connectivity index (χ0) is 35.3. The lowest BCUT2D eigenvalue weighted by atomic mass is 9.92. The van der Waals surface area contributed by atoms with Crippen molar-refractivity contribution in [3.8, 4) is 5.75 Å². The third kappa shape index (κ3) is 10.9. The number of ether oxygens (including phenoxy) is 1. The summed E-state index contributed by atoms with van der Waals surface area (Å²) in [4.78, 5) is 36.1. The number of carbonyl (C=O) groups is 2. The van der Waals surface area contributed by atoms with Crippen molar-refractivity contribution in [3.63, 3.8) is 0 Å². The van der Waals surface area contributed by atoms with Gasteiger partial charge in [0.15, 0.2) is 0 Å². The molecule has 0 saturated carbocycles. The van der Waals surface area contributed by atoms with Crippen molar-refractivity contribution < 1.29 is 19.4 Å². The summed E-state index contributed by atoms with van der Waals surface area (Å²) in [5.41, 5.74) is 3.52. The first-order valence-electron chi connectivity index (χ1n) is 19.1. The van der Waals surface area contributed by atoms with E-state index >= 15 is 0 Å². The first-order valence-corrected chi connectivity index (χ1v) is 19.1. The number of hydrogen-bond donors (Lipinski definition) is 2. The van der Waals surface area contributed by atoms with E-state index in [1.807, 2.05) is 47.4 Å². The van der Waals surface area contributed by atoms with Gasteiger partial charge in [-0.2, -0.15) is 0 Å². The number of amides is 2. The topological polar surface area (TPSA) is 95.0 Å². The molecule has 0 aliphatic carbocycles. The van der Waals surface area contributed by atoms with Crippen LogP contribution in [0.3, 0.4) is 0 Å². The van der Waals surface area contributed by atoms with Gasteiger partial charge in [0.25, 0.3) is 0 Å². The third-order valence-corrected chi connectivity index (χ3v) is 10.5. The maximum absolute atomic E-state index is 13.8. The Morgan fingerprint density at radius 3 is 2.22 bits per heavy atom. The molecule has 51 heavy (non-hydrogen) atoms. The number of carbonyl (C=O) groups excluding carboxylic acids is 2. The van der Waals surface area contributed by atoms with Gasteiger partial charge < -0.3 is 20.1 Å². The molecule has 3 heterocycles. The molecule has 0 radical (unpaired) electrons. The van der Waals surface area contributed by atoms with Gasteiger partial charge in [-0.25, -0.2) is 0 Å². The number of hydrogen-bond acceptors (Lipinski definition) is 6. The Hall–Kier alpha value is -4.27. The molecule has 3 atom stereocenters. The highest BCUT2D eigenvalue weighted by molar-refractivity contribution is 5.85. The molecule has 3 aromatic carbocycles. The lowest BCUT2D eigenvalue weighted by Crippen LogP contribution is -2.51. The second kappa shape index (κ2) is 18.8. The number of aryl methyl sites for hydroxylation is 2. The van der Waals surface area contributed by atoms with E-state index in [4.69, 9.17) is 4.74 Å². The van der Waals surface area contributed by atoms with Crippen molar-refractivity contribution >= 4 is 22.7 Å².